The molecule has 0 N–H and O–H groups in total. The van der Waals surface area contributed by atoms with Gasteiger partial charge in [0.2, 0.25) is 0 Å². The van der Waals surface area contributed by atoms with Crippen LogP contribution in [0.15, 0.2) is 12.1 Å². The molecule has 152 valence electrons. The number of aromatic carboxylic acids is 1. The van der Waals surface area contributed by atoms with Crippen molar-refractivity contribution in [3.05, 3.63) is 21.3 Å². The van der Waals surface area contributed by atoms with Crippen molar-refractivity contribution in [1.82, 2.24) is 0 Å². The minimum Gasteiger partial charge on any atom is -0.545 e. The minimum atomic E-state index is -5.67. The molecule has 0 aromatic heterocycles. The maximum atomic E-state index is 12.8. The molecule has 0 heterocycles. The number of halogens is 6. The summed E-state index contributed by atoms with van der Waals surface area (Å²) in [7, 11) is 0. The van der Waals surface area contributed by atoms with Crippen molar-refractivity contribution in [2.75, 3.05) is 6.61 Å². The normalized spacial score (nSPS) is 12.2. The van der Waals surface area contributed by atoms with Crippen LogP contribution in [-0.2, 0) is 4.79 Å². The SMILES string of the molecule is CC(C)C(=O)Oc1cc(I)c(OCCCC(F)(F)C(F)(F)F)c(C(=O)[O-])c1. The van der Waals surface area contributed by atoms with E-state index >= 15 is 0 Å². The summed E-state index contributed by atoms with van der Waals surface area (Å²) in [6.45, 7) is 2.56. The van der Waals surface area contributed by atoms with Gasteiger partial charge in [-0.2, -0.15) is 22.0 Å². The molecular weight excluding hydrogens is 494 g/mol. The first kappa shape index (κ1) is 23.4. The number of esters is 1. The third kappa shape index (κ3) is 6.47. The standard InChI is InChI=1S/C16H16F5IO5/c1-8(2)14(25)27-9-6-10(13(23)24)12(11(22)7-9)26-5-3-4-15(17,18)16(19,20)21/h6-8H,3-5H2,1-2H3,(H,23,24)/p-1. The quantitative estimate of drug-likeness (QED) is 0.176. The zero-order chi connectivity index (χ0) is 21.0. The van der Waals surface area contributed by atoms with Gasteiger partial charge in [0.05, 0.1) is 22.1 Å². The fourth-order valence-electron chi connectivity index (χ4n) is 1.77. The van der Waals surface area contributed by atoms with Crippen molar-refractivity contribution in [2.45, 2.75) is 38.8 Å². The molecule has 0 aliphatic rings. The average Bonchev–Trinajstić information content (AvgIpc) is 2.51. The second-order valence-corrected chi connectivity index (χ2v) is 6.96. The van der Waals surface area contributed by atoms with E-state index in [1.54, 1.807) is 36.4 Å². The molecule has 1 rings (SSSR count). The summed E-state index contributed by atoms with van der Waals surface area (Å²) < 4.78 is 72.2. The van der Waals surface area contributed by atoms with Crippen LogP contribution in [0.5, 0.6) is 11.5 Å². The molecule has 5 nitrogen and oxygen atoms in total. The number of carbonyl (C=O) groups excluding carboxylic acids is 2. The largest absolute Gasteiger partial charge is 0.545 e. The lowest BCUT2D eigenvalue weighted by atomic mass is 10.1. The van der Waals surface area contributed by atoms with Gasteiger partial charge in [0.25, 0.3) is 0 Å². The Bertz CT molecular complexity index is 703. The Kier molecular flexibility index (Phi) is 7.81. The number of carbonyl (C=O) groups is 2. The van der Waals surface area contributed by atoms with Crippen LogP contribution in [-0.4, -0.2) is 30.6 Å². The van der Waals surface area contributed by atoms with Gasteiger partial charge in [0.1, 0.15) is 11.5 Å². The third-order valence-corrected chi connectivity index (χ3v) is 4.02. The first-order chi connectivity index (χ1) is 12.3. The second kappa shape index (κ2) is 9.02. The zero-order valence-electron chi connectivity index (χ0n) is 14.2. The number of benzene rings is 1. The van der Waals surface area contributed by atoms with Crippen LogP contribution in [0, 0.1) is 9.49 Å². The van der Waals surface area contributed by atoms with Gasteiger partial charge < -0.3 is 19.4 Å². The lowest BCUT2D eigenvalue weighted by Crippen LogP contribution is -2.36. The van der Waals surface area contributed by atoms with E-state index in [9.17, 15) is 36.6 Å². The van der Waals surface area contributed by atoms with Gasteiger partial charge in [0, 0.05) is 12.0 Å². The number of hydrogen-bond donors (Lipinski definition) is 0. The van der Waals surface area contributed by atoms with Crippen LogP contribution in [0.2, 0.25) is 0 Å². The van der Waals surface area contributed by atoms with Gasteiger partial charge in [0.15, 0.2) is 0 Å². The highest BCUT2D eigenvalue weighted by Gasteiger charge is 2.56. The van der Waals surface area contributed by atoms with E-state index in [2.05, 4.69) is 0 Å². The fourth-order valence-corrected chi connectivity index (χ4v) is 2.52. The molecule has 1 aromatic rings. The van der Waals surface area contributed by atoms with Gasteiger partial charge in [-0.25, -0.2) is 0 Å². The number of carboxylic acid groups (broad SMARTS) is 1. The zero-order valence-corrected chi connectivity index (χ0v) is 16.3. The topological polar surface area (TPSA) is 75.7 Å². The second-order valence-electron chi connectivity index (χ2n) is 5.80. The van der Waals surface area contributed by atoms with E-state index in [1.807, 2.05) is 0 Å². The smallest absolute Gasteiger partial charge is 0.453 e. The highest BCUT2D eigenvalue weighted by molar-refractivity contribution is 14.1. The molecule has 0 radical (unpaired) electrons. The summed E-state index contributed by atoms with van der Waals surface area (Å²) >= 11 is 1.65. The molecular formula is C16H15F5IO5-. The molecule has 0 bridgehead atoms. The van der Waals surface area contributed by atoms with Crippen LogP contribution >= 0.6 is 22.6 Å². The number of alkyl halides is 5. The molecule has 0 amide bonds. The lowest BCUT2D eigenvalue weighted by molar-refractivity contribution is -0.284. The average molecular weight is 509 g/mol. The van der Waals surface area contributed by atoms with Crippen LogP contribution < -0.4 is 14.6 Å². The van der Waals surface area contributed by atoms with Crippen molar-refractivity contribution in [3.63, 3.8) is 0 Å². The predicted octanol–water partition coefficient (Wildman–Crippen LogP) is 3.57. The molecule has 0 fully saturated rings. The summed E-state index contributed by atoms with van der Waals surface area (Å²) in [5.41, 5.74) is -0.518. The molecule has 0 atom stereocenters. The van der Waals surface area contributed by atoms with E-state index < -0.39 is 55.0 Å². The monoisotopic (exact) mass is 509 g/mol. The van der Waals surface area contributed by atoms with Gasteiger partial charge in [-0.05, 0) is 41.1 Å². The van der Waals surface area contributed by atoms with Crippen molar-refractivity contribution in [1.29, 1.82) is 0 Å². The first-order valence-corrected chi connectivity index (χ1v) is 8.68. The highest BCUT2D eigenvalue weighted by Crippen LogP contribution is 2.39. The Hall–Kier alpha value is -1.66. The highest BCUT2D eigenvalue weighted by atomic mass is 127. The number of ether oxygens (including phenoxy) is 2. The molecule has 0 saturated heterocycles. The molecule has 0 unspecified atom stereocenters. The van der Waals surface area contributed by atoms with Crippen LogP contribution in [0.25, 0.3) is 0 Å². The summed E-state index contributed by atoms with van der Waals surface area (Å²) in [5, 5.41) is 11.3. The van der Waals surface area contributed by atoms with Crippen molar-refractivity contribution in [3.8, 4) is 11.5 Å². The summed E-state index contributed by atoms with van der Waals surface area (Å²) in [4.78, 5) is 22.9. The number of carboxylic acids is 1. The minimum absolute atomic E-state index is 0.0896. The van der Waals surface area contributed by atoms with Gasteiger partial charge >= 0.3 is 18.1 Å². The molecule has 0 saturated carbocycles. The van der Waals surface area contributed by atoms with E-state index in [0.29, 0.717) is 0 Å². The summed E-state index contributed by atoms with van der Waals surface area (Å²) in [6.07, 6.45) is -7.84. The fraction of sp³-hybridized carbons (Fsp3) is 0.500. The molecule has 1 aromatic carbocycles. The Morgan fingerprint density at radius 3 is 2.26 bits per heavy atom. The molecule has 0 spiro atoms. The summed E-state index contributed by atoms with van der Waals surface area (Å²) in [5.74, 6) is -8.00. The maximum Gasteiger partial charge on any atom is 0.453 e. The van der Waals surface area contributed by atoms with Crippen LogP contribution in [0.4, 0.5) is 22.0 Å². The van der Waals surface area contributed by atoms with Gasteiger partial charge in [-0.1, -0.05) is 13.8 Å². The lowest BCUT2D eigenvalue weighted by Gasteiger charge is -2.20. The van der Waals surface area contributed by atoms with E-state index in [-0.39, 0.29) is 15.1 Å². The molecule has 27 heavy (non-hydrogen) atoms. The third-order valence-electron chi connectivity index (χ3n) is 3.22. The van der Waals surface area contributed by atoms with Crippen molar-refractivity contribution >= 4 is 34.5 Å². The van der Waals surface area contributed by atoms with Crippen molar-refractivity contribution < 1.29 is 46.1 Å². The Labute approximate surface area is 165 Å². The number of hydrogen-bond acceptors (Lipinski definition) is 5. The molecule has 11 heteroatoms. The predicted molar refractivity (Wildman–Crippen MR) is 89.7 cm³/mol. The molecule has 0 aliphatic heterocycles. The van der Waals surface area contributed by atoms with Gasteiger partial charge in [-0.15, -0.1) is 0 Å². The Balaban J connectivity index is 2.89. The van der Waals surface area contributed by atoms with Crippen LogP contribution in [0.1, 0.15) is 37.0 Å². The van der Waals surface area contributed by atoms with Crippen LogP contribution in [0.3, 0.4) is 0 Å². The van der Waals surface area contributed by atoms with E-state index in [4.69, 9.17) is 9.47 Å². The Morgan fingerprint density at radius 1 is 1.19 bits per heavy atom. The summed E-state index contributed by atoms with van der Waals surface area (Å²) in [6, 6.07) is 2.23. The number of rotatable bonds is 8. The first-order valence-electron chi connectivity index (χ1n) is 7.60. The van der Waals surface area contributed by atoms with E-state index in [1.165, 1.54) is 6.07 Å². The molecule has 0 aliphatic carbocycles. The van der Waals surface area contributed by atoms with Gasteiger partial charge in [-0.3, -0.25) is 4.79 Å². The van der Waals surface area contributed by atoms with E-state index in [0.717, 1.165) is 6.07 Å². The Morgan fingerprint density at radius 2 is 1.78 bits per heavy atom. The van der Waals surface area contributed by atoms with Crippen molar-refractivity contribution in [2.24, 2.45) is 5.92 Å². The maximum absolute atomic E-state index is 12.8.